The highest BCUT2D eigenvalue weighted by atomic mass is 32.1. The van der Waals surface area contributed by atoms with Crippen LogP contribution in [0.15, 0.2) is 17.5 Å². The van der Waals surface area contributed by atoms with Gasteiger partial charge in [-0.2, -0.15) is 0 Å². The van der Waals surface area contributed by atoms with Gasteiger partial charge in [0.25, 0.3) is 0 Å². The van der Waals surface area contributed by atoms with Gasteiger partial charge in [-0.3, -0.25) is 4.79 Å². The van der Waals surface area contributed by atoms with Gasteiger partial charge in [0, 0.05) is 12.0 Å². The summed E-state index contributed by atoms with van der Waals surface area (Å²) in [4.78, 5) is 25.0. The van der Waals surface area contributed by atoms with Crippen LogP contribution < -0.4 is 5.32 Å². The number of thiophene rings is 1. The molecule has 1 aliphatic carbocycles. The Balaban J connectivity index is 2.21. The molecule has 1 amide bonds. The minimum absolute atomic E-state index is 0.0262. The summed E-state index contributed by atoms with van der Waals surface area (Å²) in [6, 6.07) is 2.91. The average Bonchev–Trinajstić information content (AvgIpc) is 3.02. The second-order valence-corrected chi connectivity index (χ2v) is 6.39. The molecule has 1 aromatic rings. The third-order valence-electron chi connectivity index (χ3n) is 4.07. The van der Waals surface area contributed by atoms with E-state index in [0.717, 1.165) is 37.0 Å². The first-order valence-electron chi connectivity index (χ1n) is 7.17. The zero-order valence-electron chi connectivity index (χ0n) is 12.1. The van der Waals surface area contributed by atoms with E-state index < -0.39 is 17.4 Å². The molecule has 21 heavy (non-hydrogen) atoms. The Labute approximate surface area is 128 Å². The summed E-state index contributed by atoms with van der Waals surface area (Å²) in [6.07, 6.45) is 4.67. The maximum atomic E-state index is 12.8. The lowest BCUT2D eigenvalue weighted by molar-refractivity contribution is -0.144. The Kier molecular flexibility index (Phi) is 5.36. The fraction of sp³-hybridized carbons (Fsp3) is 0.600. The number of carbonyl (C=O) groups is 2. The van der Waals surface area contributed by atoms with E-state index >= 15 is 0 Å². The van der Waals surface area contributed by atoms with Crippen molar-refractivity contribution >= 4 is 23.2 Å². The second-order valence-electron chi connectivity index (χ2n) is 5.44. The minimum Gasteiger partial charge on any atom is -0.480 e. The van der Waals surface area contributed by atoms with Gasteiger partial charge in [0.05, 0.1) is 12.0 Å². The monoisotopic (exact) mass is 311 g/mol. The summed E-state index contributed by atoms with van der Waals surface area (Å²) in [6.45, 7) is -0.0262. The van der Waals surface area contributed by atoms with Crippen LogP contribution in [0, 0.1) is 0 Å². The van der Waals surface area contributed by atoms with Crippen LogP contribution in [0.2, 0.25) is 0 Å². The summed E-state index contributed by atoms with van der Waals surface area (Å²) in [5.41, 5.74) is -0.576. The van der Waals surface area contributed by atoms with Crippen LogP contribution in [0.3, 0.4) is 0 Å². The first-order valence-corrected chi connectivity index (χ1v) is 8.05. The van der Waals surface area contributed by atoms with Gasteiger partial charge < -0.3 is 15.2 Å². The van der Waals surface area contributed by atoms with E-state index in [-0.39, 0.29) is 12.5 Å². The van der Waals surface area contributed by atoms with Crippen molar-refractivity contribution in [1.82, 2.24) is 5.32 Å². The number of amides is 1. The van der Waals surface area contributed by atoms with E-state index in [1.165, 1.54) is 7.11 Å². The number of hydrogen-bond acceptors (Lipinski definition) is 4. The van der Waals surface area contributed by atoms with Crippen molar-refractivity contribution in [3.05, 3.63) is 22.4 Å². The number of carbonyl (C=O) groups excluding carboxylic acids is 1. The standard InChI is InChI=1S/C15H21NO4S/c1-20-10-11(13(17)18)16-14(19)15(7-3-2-4-8-15)12-6-5-9-21-12/h5-6,9,11H,2-4,7-8,10H2,1H3,(H,16,19)(H,17,18). The lowest BCUT2D eigenvalue weighted by Crippen LogP contribution is -2.52. The Morgan fingerprint density at radius 1 is 1.43 bits per heavy atom. The van der Waals surface area contributed by atoms with E-state index in [1.54, 1.807) is 11.3 Å². The van der Waals surface area contributed by atoms with Crippen molar-refractivity contribution in [3.8, 4) is 0 Å². The van der Waals surface area contributed by atoms with Gasteiger partial charge in [-0.15, -0.1) is 11.3 Å². The largest absolute Gasteiger partial charge is 0.480 e. The van der Waals surface area contributed by atoms with Crippen LogP contribution in [-0.2, 0) is 19.7 Å². The van der Waals surface area contributed by atoms with Crippen molar-refractivity contribution in [3.63, 3.8) is 0 Å². The Morgan fingerprint density at radius 3 is 2.67 bits per heavy atom. The van der Waals surface area contributed by atoms with E-state index in [1.807, 2.05) is 17.5 Å². The molecular formula is C15H21NO4S. The van der Waals surface area contributed by atoms with Crippen LogP contribution >= 0.6 is 11.3 Å². The number of ether oxygens (including phenoxy) is 1. The van der Waals surface area contributed by atoms with Crippen molar-refractivity contribution in [1.29, 1.82) is 0 Å². The molecular weight excluding hydrogens is 290 g/mol. The first-order chi connectivity index (χ1) is 10.1. The Hall–Kier alpha value is -1.40. The highest BCUT2D eigenvalue weighted by Gasteiger charge is 2.43. The SMILES string of the molecule is COCC(NC(=O)C1(c2cccs2)CCCCC1)C(=O)O. The second kappa shape index (κ2) is 7.04. The molecule has 0 saturated heterocycles. The molecule has 2 N–H and O–H groups in total. The maximum absolute atomic E-state index is 12.8. The zero-order chi connectivity index (χ0) is 15.3. The number of hydrogen-bond donors (Lipinski definition) is 2. The summed E-state index contributed by atoms with van der Waals surface area (Å²) in [5, 5.41) is 13.8. The Morgan fingerprint density at radius 2 is 2.14 bits per heavy atom. The molecule has 0 spiro atoms. The highest BCUT2D eigenvalue weighted by molar-refractivity contribution is 7.10. The fourth-order valence-corrected chi connectivity index (χ4v) is 3.91. The molecule has 0 radical (unpaired) electrons. The van der Waals surface area contributed by atoms with Gasteiger partial charge in [0.2, 0.25) is 5.91 Å². The number of methoxy groups -OCH3 is 1. The van der Waals surface area contributed by atoms with Crippen LogP contribution in [0.5, 0.6) is 0 Å². The van der Waals surface area contributed by atoms with Gasteiger partial charge in [-0.05, 0) is 24.3 Å². The molecule has 1 fully saturated rings. The van der Waals surface area contributed by atoms with Gasteiger partial charge >= 0.3 is 5.97 Å². The number of nitrogens with one attached hydrogen (secondary N) is 1. The van der Waals surface area contributed by atoms with E-state index in [2.05, 4.69) is 5.32 Å². The van der Waals surface area contributed by atoms with Gasteiger partial charge in [-0.25, -0.2) is 4.79 Å². The number of carboxylic acids is 1. The molecule has 0 aliphatic heterocycles. The smallest absolute Gasteiger partial charge is 0.328 e. The zero-order valence-corrected chi connectivity index (χ0v) is 12.9. The lowest BCUT2D eigenvalue weighted by atomic mass is 9.72. The van der Waals surface area contributed by atoms with Gasteiger partial charge in [0.15, 0.2) is 6.04 Å². The summed E-state index contributed by atoms with van der Waals surface area (Å²) >= 11 is 1.57. The summed E-state index contributed by atoms with van der Waals surface area (Å²) in [7, 11) is 1.43. The summed E-state index contributed by atoms with van der Waals surface area (Å²) < 4.78 is 4.88. The number of rotatable bonds is 6. The topological polar surface area (TPSA) is 75.6 Å². The van der Waals surface area contributed by atoms with Crippen molar-refractivity contribution < 1.29 is 19.4 Å². The molecule has 2 rings (SSSR count). The highest BCUT2D eigenvalue weighted by Crippen LogP contribution is 2.41. The van der Waals surface area contributed by atoms with Crippen molar-refractivity contribution in [2.75, 3.05) is 13.7 Å². The van der Waals surface area contributed by atoms with Crippen LogP contribution in [0.1, 0.15) is 37.0 Å². The van der Waals surface area contributed by atoms with Crippen LogP contribution in [0.4, 0.5) is 0 Å². The molecule has 0 aromatic carbocycles. The predicted octanol–water partition coefficient (Wildman–Crippen LogP) is 2.17. The predicted molar refractivity (Wildman–Crippen MR) is 80.5 cm³/mol. The van der Waals surface area contributed by atoms with E-state index in [4.69, 9.17) is 4.74 Å². The third-order valence-corrected chi connectivity index (χ3v) is 5.15. The van der Waals surface area contributed by atoms with Crippen LogP contribution in [0.25, 0.3) is 0 Å². The average molecular weight is 311 g/mol. The molecule has 6 heteroatoms. The van der Waals surface area contributed by atoms with E-state index in [0.29, 0.717) is 0 Å². The first kappa shape index (κ1) is 16.0. The molecule has 5 nitrogen and oxygen atoms in total. The van der Waals surface area contributed by atoms with Crippen LogP contribution in [-0.4, -0.2) is 36.7 Å². The quantitative estimate of drug-likeness (QED) is 0.844. The molecule has 1 saturated carbocycles. The molecule has 0 bridgehead atoms. The molecule has 1 unspecified atom stereocenters. The van der Waals surface area contributed by atoms with Gasteiger partial charge in [0.1, 0.15) is 0 Å². The normalized spacial score (nSPS) is 18.9. The van der Waals surface area contributed by atoms with Crippen molar-refractivity contribution in [2.24, 2.45) is 0 Å². The molecule has 1 aliphatic rings. The number of aliphatic carboxylic acids is 1. The minimum atomic E-state index is -1.07. The molecule has 1 heterocycles. The maximum Gasteiger partial charge on any atom is 0.328 e. The molecule has 116 valence electrons. The molecule has 1 atom stereocenters. The third kappa shape index (κ3) is 3.44. The lowest BCUT2D eigenvalue weighted by Gasteiger charge is -2.35. The molecule has 1 aromatic heterocycles. The van der Waals surface area contributed by atoms with Gasteiger partial charge in [-0.1, -0.05) is 25.3 Å². The fourth-order valence-electron chi connectivity index (χ4n) is 2.93. The van der Waals surface area contributed by atoms with E-state index in [9.17, 15) is 14.7 Å². The number of carboxylic acid groups (broad SMARTS) is 1. The van der Waals surface area contributed by atoms with Crippen molar-refractivity contribution in [2.45, 2.75) is 43.6 Å². The summed E-state index contributed by atoms with van der Waals surface area (Å²) in [5.74, 6) is -1.25. The Bertz CT molecular complexity index is 480.